The van der Waals surface area contributed by atoms with E-state index in [2.05, 4.69) is 39.6 Å². The Balaban J connectivity index is 3.64. The number of thioether (sulfide) groups is 1. The number of rotatable bonds is 24. The Labute approximate surface area is 217 Å². The fourth-order valence-electron chi connectivity index (χ4n) is 3.61. The van der Waals surface area contributed by atoms with Crippen molar-refractivity contribution in [3.8, 4) is 0 Å². The van der Waals surface area contributed by atoms with Crippen molar-refractivity contribution in [3.05, 3.63) is 0 Å². The van der Waals surface area contributed by atoms with Crippen molar-refractivity contribution in [3.63, 3.8) is 0 Å². The van der Waals surface area contributed by atoms with Crippen molar-refractivity contribution < 1.29 is 13.2 Å². The van der Waals surface area contributed by atoms with Gasteiger partial charge in [0.05, 0.1) is 11.8 Å². The van der Waals surface area contributed by atoms with Gasteiger partial charge in [0.25, 0.3) is 0 Å². The van der Waals surface area contributed by atoms with E-state index in [1.54, 1.807) is 11.8 Å². The molecule has 0 aliphatic heterocycles. The van der Waals surface area contributed by atoms with Gasteiger partial charge in [0.1, 0.15) is 0 Å². The number of sulfonamides is 1. The zero-order chi connectivity index (χ0) is 23.9. The Morgan fingerprint density at radius 2 is 1.34 bits per heavy atom. The molecule has 0 aromatic carbocycles. The van der Waals surface area contributed by atoms with Crippen molar-refractivity contribution >= 4 is 50.3 Å². The van der Waals surface area contributed by atoms with Crippen molar-refractivity contribution in [2.45, 2.75) is 116 Å². The number of amides is 1. The van der Waals surface area contributed by atoms with Gasteiger partial charge < -0.3 is 5.32 Å². The Kier molecular flexibility index (Phi) is 23.5. The Hall–Kier alpha value is 0.460. The molecule has 0 aliphatic rings. The van der Waals surface area contributed by atoms with Crippen LogP contribution in [0, 0.1) is 0 Å². The van der Waals surface area contributed by atoms with E-state index in [0.717, 1.165) is 15.9 Å². The minimum absolute atomic E-state index is 0.112. The van der Waals surface area contributed by atoms with Gasteiger partial charge in [-0.05, 0) is 18.6 Å². The van der Waals surface area contributed by atoms with Crippen LogP contribution in [0.5, 0.6) is 0 Å². The van der Waals surface area contributed by atoms with E-state index in [-0.39, 0.29) is 24.2 Å². The summed E-state index contributed by atoms with van der Waals surface area (Å²) in [7, 11) is -3.25. The average molecular weight is 605 g/mol. The number of hydrogen-bond acceptors (Lipinski definition) is 4. The molecule has 0 aromatic rings. The highest BCUT2D eigenvalue weighted by Crippen LogP contribution is 2.14. The second-order valence-corrected chi connectivity index (χ2v) is 12.9. The molecule has 0 fully saturated rings. The largest absolute Gasteiger partial charge is 0.351 e. The Bertz CT molecular complexity index is 533. The van der Waals surface area contributed by atoms with E-state index >= 15 is 0 Å². The average Bonchev–Trinajstić information content (AvgIpc) is 2.75. The van der Waals surface area contributed by atoms with Crippen LogP contribution in [0.15, 0.2) is 0 Å². The third-order valence-electron chi connectivity index (χ3n) is 5.46. The molecular formula is C24H49IN2O3S2. The second kappa shape index (κ2) is 23.2. The van der Waals surface area contributed by atoms with Crippen LogP contribution in [0.4, 0.5) is 0 Å². The van der Waals surface area contributed by atoms with Gasteiger partial charge in [0.2, 0.25) is 15.9 Å². The Morgan fingerprint density at radius 1 is 0.844 bits per heavy atom. The summed E-state index contributed by atoms with van der Waals surface area (Å²) in [5.74, 6) is 1.84. The van der Waals surface area contributed by atoms with Crippen LogP contribution < -0.4 is 10.0 Å². The van der Waals surface area contributed by atoms with Gasteiger partial charge in [-0.3, -0.25) is 4.79 Å². The predicted molar refractivity (Wildman–Crippen MR) is 151 cm³/mol. The molecule has 0 heterocycles. The molecule has 32 heavy (non-hydrogen) atoms. The normalized spacial score (nSPS) is 12.7. The van der Waals surface area contributed by atoms with Gasteiger partial charge in [-0.1, -0.05) is 113 Å². The minimum atomic E-state index is -3.25. The van der Waals surface area contributed by atoms with Gasteiger partial charge in [-0.25, -0.2) is 13.1 Å². The smallest absolute Gasteiger partial charge is 0.217 e. The molecule has 0 spiro atoms. The highest BCUT2D eigenvalue weighted by molar-refractivity contribution is 14.1. The molecule has 0 saturated carbocycles. The summed E-state index contributed by atoms with van der Waals surface area (Å²) in [6.07, 6.45) is 19.7. The molecule has 192 valence electrons. The summed E-state index contributed by atoms with van der Waals surface area (Å²) in [5, 5.41) is 2.87. The highest BCUT2D eigenvalue weighted by Gasteiger charge is 2.15. The van der Waals surface area contributed by atoms with E-state index in [1.165, 1.54) is 96.8 Å². The number of halogens is 1. The fourth-order valence-corrected chi connectivity index (χ4v) is 6.69. The highest BCUT2D eigenvalue weighted by atomic mass is 127. The van der Waals surface area contributed by atoms with E-state index in [9.17, 15) is 13.2 Å². The maximum absolute atomic E-state index is 12.0. The molecule has 0 bridgehead atoms. The van der Waals surface area contributed by atoms with Gasteiger partial charge in [0.15, 0.2) is 0 Å². The molecule has 8 heteroatoms. The molecule has 2 N–H and O–H groups in total. The quantitative estimate of drug-likeness (QED) is 0.0755. The van der Waals surface area contributed by atoms with Crippen LogP contribution in [-0.2, 0) is 14.8 Å². The predicted octanol–water partition coefficient (Wildman–Crippen LogP) is 6.45. The Morgan fingerprint density at radius 3 is 1.81 bits per heavy atom. The SMILES string of the molecule is CCCCCCCCCCCCCCCCSCC(CNS(=O)(=O)CCCI)NC(C)=O. The van der Waals surface area contributed by atoms with Crippen molar-refractivity contribution in [1.82, 2.24) is 10.0 Å². The number of carbonyl (C=O) groups excluding carboxylic acids is 1. The number of nitrogens with one attached hydrogen (secondary N) is 2. The first kappa shape index (κ1) is 32.5. The maximum atomic E-state index is 12.0. The summed E-state index contributed by atoms with van der Waals surface area (Å²) in [6, 6.07) is -0.154. The second-order valence-electron chi connectivity index (χ2n) is 8.78. The number of carbonyl (C=O) groups is 1. The third-order valence-corrected chi connectivity index (χ3v) is 8.88. The summed E-state index contributed by atoms with van der Waals surface area (Å²) in [5.41, 5.74) is 0. The van der Waals surface area contributed by atoms with Crippen molar-refractivity contribution in [2.24, 2.45) is 0 Å². The molecule has 5 nitrogen and oxygen atoms in total. The standard InChI is InChI=1S/C24H49IN2O3S2/c1-3-4-5-6-7-8-9-10-11-12-13-14-15-16-19-31-22-24(27-23(2)28)21-26-32(29,30)20-17-18-25/h24,26H,3-22H2,1-2H3,(H,27,28). The lowest BCUT2D eigenvalue weighted by Gasteiger charge is -2.18. The van der Waals surface area contributed by atoms with Crippen LogP contribution in [0.3, 0.4) is 0 Å². The summed E-state index contributed by atoms with van der Waals surface area (Å²) < 4.78 is 27.4. The fraction of sp³-hybridized carbons (Fsp3) is 0.958. The molecular weight excluding hydrogens is 555 g/mol. The minimum Gasteiger partial charge on any atom is -0.351 e. The maximum Gasteiger partial charge on any atom is 0.217 e. The molecule has 0 radical (unpaired) electrons. The first-order valence-corrected chi connectivity index (χ1v) is 17.1. The molecule has 1 unspecified atom stereocenters. The van der Waals surface area contributed by atoms with Crippen molar-refractivity contribution in [1.29, 1.82) is 0 Å². The first-order chi connectivity index (χ1) is 15.4. The van der Waals surface area contributed by atoms with Crippen LogP contribution in [-0.4, -0.2) is 48.6 Å². The van der Waals surface area contributed by atoms with Crippen molar-refractivity contribution in [2.75, 3.05) is 28.2 Å². The lowest BCUT2D eigenvalue weighted by atomic mass is 10.0. The number of hydrogen-bond donors (Lipinski definition) is 2. The topological polar surface area (TPSA) is 75.3 Å². The van der Waals surface area contributed by atoms with E-state index < -0.39 is 10.0 Å². The first-order valence-electron chi connectivity index (χ1n) is 12.8. The zero-order valence-corrected chi connectivity index (χ0v) is 24.4. The third kappa shape index (κ3) is 23.6. The number of unbranched alkanes of at least 4 members (excludes halogenated alkanes) is 13. The van der Waals surface area contributed by atoms with Gasteiger partial charge in [-0.15, -0.1) is 0 Å². The molecule has 0 saturated heterocycles. The van der Waals surface area contributed by atoms with E-state index in [4.69, 9.17) is 0 Å². The van der Waals surface area contributed by atoms with Crippen LogP contribution in [0.25, 0.3) is 0 Å². The van der Waals surface area contributed by atoms with Crippen LogP contribution in [0.2, 0.25) is 0 Å². The lowest BCUT2D eigenvalue weighted by Crippen LogP contribution is -2.45. The molecule has 1 amide bonds. The van der Waals surface area contributed by atoms with Gasteiger partial charge in [0, 0.05) is 23.6 Å². The monoisotopic (exact) mass is 604 g/mol. The van der Waals surface area contributed by atoms with Gasteiger partial charge in [-0.2, -0.15) is 11.8 Å². The molecule has 0 aliphatic carbocycles. The zero-order valence-electron chi connectivity index (χ0n) is 20.6. The summed E-state index contributed by atoms with van der Waals surface area (Å²) in [6.45, 7) is 4.03. The molecule has 1 atom stereocenters. The number of alkyl halides is 1. The van der Waals surface area contributed by atoms with E-state index in [1.807, 2.05) is 0 Å². The summed E-state index contributed by atoms with van der Waals surface area (Å²) >= 11 is 3.99. The summed E-state index contributed by atoms with van der Waals surface area (Å²) in [4.78, 5) is 11.4. The van der Waals surface area contributed by atoms with E-state index in [0.29, 0.717) is 6.42 Å². The molecule has 0 rings (SSSR count). The molecule has 0 aromatic heterocycles. The van der Waals surface area contributed by atoms with Gasteiger partial charge >= 0.3 is 0 Å². The lowest BCUT2D eigenvalue weighted by molar-refractivity contribution is -0.119. The van der Waals surface area contributed by atoms with Crippen LogP contribution in [0.1, 0.15) is 110 Å². The van der Waals surface area contributed by atoms with Crippen LogP contribution >= 0.6 is 34.4 Å².